The molecule has 0 saturated carbocycles. The number of carbonyl (C=O) groups is 6. The molecule has 1 rings (SSSR count). The van der Waals surface area contributed by atoms with Gasteiger partial charge in [-0.1, -0.05) is 141 Å². The smallest absolute Gasteiger partial charge is 0.317 e. The van der Waals surface area contributed by atoms with Crippen LogP contribution in [0.25, 0.3) is 0 Å². The number of rotatable bonds is 48. The monoisotopic (exact) mass is 1090 g/mol. The number of carbonyl (C=O) groups excluding carboxylic acids is 3. The van der Waals surface area contributed by atoms with E-state index < -0.39 is 24.0 Å². The molecule has 1 amide bonds. The highest BCUT2D eigenvalue weighted by Crippen LogP contribution is 2.14. The Bertz CT molecular complexity index is 1550. The number of allylic oxidation sites excluding steroid dienone is 4. The number of aliphatic carboxylic acids is 3. The minimum atomic E-state index is -1.01. The maximum absolute atomic E-state index is 13.1. The van der Waals surface area contributed by atoms with Crippen LogP contribution in [0.1, 0.15) is 206 Å². The van der Waals surface area contributed by atoms with Gasteiger partial charge < -0.3 is 35.0 Å². The van der Waals surface area contributed by atoms with E-state index in [0.29, 0.717) is 78.3 Å². The van der Waals surface area contributed by atoms with E-state index in [-0.39, 0.29) is 50.6 Å². The summed E-state index contributed by atoms with van der Waals surface area (Å²) >= 11 is 0. The van der Waals surface area contributed by atoms with Gasteiger partial charge in [-0.05, 0) is 90.6 Å². The maximum atomic E-state index is 13.1. The van der Waals surface area contributed by atoms with Crippen molar-refractivity contribution >= 4 is 35.8 Å². The van der Waals surface area contributed by atoms with Gasteiger partial charge in [0, 0.05) is 78.3 Å². The summed E-state index contributed by atoms with van der Waals surface area (Å²) < 4.78 is 11.7. The first-order valence-electron chi connectivity index (χ1n) is 30.5. The van der Waals surface area contributed by atoms with Crippen LogP contribution in [0.5, 0.6) is 0 Å². The predicted octanol–water partition coefficient (Wildman–Crippen LogP) is 9.82. The van der Waals surface area contributed by atoms with E-state index >= 15 is 0 Å². The molecule has 4 N–H and O–H groups in total. The molecule has 77 heavy (non-hydrogen) atoms. The first-order valence-corrected chi connectivity index (χ1v) is 30.5. The van der Waals surface area contributed by atoms with Crippen molar-refractivity contribution in [3.05, 3.63) is 24.3 Å². The Kier molecular flexibility index (Phi) is 46.5. The summed E-state index contributed by atoms with van der Waals surface area (Å²) in [6.45, 7) is 8.60. The van der Waals surface area contributed by atoms with Gasteiger partial charge in [0.05, 0.1) is 26.2 Å². The molecule has 0 aromatic heterocycles. The van der Waals surface area contributed by atoms with Gasteiger partial charge in [-0.25, -0.2) is 0 Å². The van der Waals surface area contributed by atoms with E-state index in [9.17, 15) is 44.1 Å². The summed E-state index contributed by atoms with van der Waals surface area (Å²) in [5.41, 5.74) is 0. The number of esters is 2. The molecule has 17 nitrogen and oxygen atoms in total. The Morgan fingerprint density at radius 3 is 1.23 bits per heavy atom. The van der Waals surface area contributed by atoms with Crippen LogP contribution in [-0.4, -0.2) is 194 Å². The summed E-state index contributed by atoms with van der Waals surface area (Å²) in [6, 6.07) is 0. The summed E-state index contributed by atoms with van der Waals surface area (Å²) in [5, 5.41) is 31.4. The lowest BCUT2D eigenvalue weighted by Crippen LogP contribution is -2.49. The molecule has 1 saturated heterocycles. The van der Waals surface area contributed by atoms with E-state index in [2.05, 4.69) is 48.4 Å². The van der Waals surface area contributed by atoms with E-state index in [1.165, 1.54) is 83.5 Å². The number of ether oxygens (including phenoxy) is 2. The second-order valence-electron chi connectivity index (χ2n) is 21.6. The number of amides is 1. The average Bonchev–Trinajstić information content (AvgIpc) is 3.38. The Morgan fingerprint density at radius 2 is 0.818 bits per heavy atom. The third kappa shape index (κ3) is 46.7. The Labute approximate surface area is 466 Å². The number of carboxylic acids is 3. The summed E-state index contributed by atoms with van der Waals surface area (Å²) in [7, 11) is 2.02. The molecule has 1 heterocycles. The van der Waals surface area contributed by atoms with Crippen molar-refractivity contribution in [3.8, 4) is 0 Å². The van der Waals surface area contributed by atoms with Crippen LogP contribution < -0.4 is 5.32 Å². The SMILES string of the molecule is CCCCCC/C=C/CCCCCCCC(=O)OCC(CN(C)CCCCCCCCNC(=O)CN1CCN(CC(=O)O)CCN(CC(=O)O)CCN(CC(=O)O)CC1)OC(=O)CCCCCCC/C=C/CCCCCC. The van der Waals surface area contributed by atoms with Gasteiger partial charge in [0.2, 0.25) is 5.91 Å². The molecule has 17 heteroatoms. The molecule has 0 radical (unpaired) electrons. The Balaban J connectivity index is 2.52. The van der Waals surface area contributed by atoms with Crippen molar-refractivity contribution in [1.82, 2.24) is 29.8 Å². The zero-order valence-electron chi connectivity index (χ0n) is 48.8. The van der Waals surface area contributed by atoms with Gasteiger partial charge in [-0.2, -0.15) is 0 Å². The van der Waals surface area contributed by atoms with Crippen LogP contribution in [0, 0.1) is 0 Å². The fraction of sp³-hybridized carbons (Fsp3) is 0.833. The number of hydrogen-bond acceptors (Lipinski definition) is 13. The molecular weight excluding hydrogens is 981 g/mol. The number of nitrogens with zero attached hydrogens (tertiary/aromatic N) is 5. The Morgan fingerprint density at radius 1 is 0.468 bits per heavy atom. The number of likely N-dealkylation sites (N-methyl/N-ethyl adjacent to an activating group) is 1. The number of carboxylic acid groups (broad SMARTS) is 3. The lowest BCUT2D eigenvalue weighted by Gasteiger charge is -2.32. The van der Waals surface area contributed by atoms with Crippen molar-refractivity contribution in [2.45, 2.75) is 213 Å². The first-order chi connectivity index (χ1) is 37.3. The zero-order valence-corrected chi connectivity index (χ0v) is 48.8. The van der Waals surface area contributed by atoms with Gasteiger partial charge in [-0.3, -0.25) is 48.4 Å². The standard InChI is InChI=1S/C60H110N6O11/c1-4-6-8-10-12-14-16-18-20-22-24-28-32-36-59(74)76-53-54(77-60(75)37-33-29-25-23-21-19-17-15-13-11-9-7-5-2)48-62(3)39-35-31-27-26-30-34-38-61-55(67)49-63-40-42-64(50-56(68)69)44-46-66(52-58(72)73)47-45-65(43-41-63)51-57(70)71/h14-17,54H,4-13,18-53H2,1-3H3,(H,61,67)(H,68,69)(H,70,71)(H,72,73)/b16-14+,17-15+. The minimum absolute atomic E-state index is 0.0632. The predicted molar refractivity (Wildman–Crippen MR) is 308 cm³/mol. The van der Waals surface area contributed by atoms with Crippen molar-refractivity contribution in [2.24, 2.45) is 0 Å². The fourth-order valence-electron chi connectivity index (χ4n) is 9.52. The van der Waals surface area contributed by atoms with Gasteiger partial charge in [0.15, 0.2) is 0 Å². The molecule has 1 unspecified atom stereocenters. The van der Waals surface area contributed by atoms with Crippen molar-refractivity contribution < 1.29 is 53.6 Å². The van der Waals surface area contributed by atoms with Crippen LogP contribution in [0.15, 0.2) is 24.3 Å². The van der Waals surface area contributed by atoms with Crippen LogP contribution in [0.3, 0.4) is 0 Å². The zero-order chi connectivity index (χ0) is 56.4. The largest absolute Gasteiger partial charge is 0.480 e. The molecular formula is C60H110N6O11. The Hall–Kier alpha value is -3.90. The van der Waals surface area contributed by atoms with Crippen LogP contribution in [0.2, 0.25) is 0 Å². The molecule has 1 aliphatic heterocycles. The van der Waals surface area contributed by atoms with Gasteiger partial charge in [0.25, 0.3) is 0 Å². The molecule has 0 bridgehead atoms. The minimum Gasteiger partial charge on any atom is -0.480 e. The molecule has 0 aromatic carbocycles. The number of nitrogens with one attached hydrogen (secondary N) is 1. The number of unbranched alkanes of at least 4 members (excludes halogenated alkanes) is 23. The maximum Gasteiger partial charge on any atom is 0.317 e. The second kappa shape index (κ2) is 50.3. The number of hydrogen-bond donors (Lipinski definition) is 4. The molecule has 0 aliphatic carbocycles. The van der Waals surface area contributed by atoms with Crippen molar-refractivity contribution in [3.63, 3.8) is 0 Å². The highest BCUT2D eigenvalue weighted by Gasteiger charge is 2.22. The normalized spacial score (nSPS) is 15.2. The van der Waals surface area contributed by atoms with E-state index in [1.807, 2.05) is 11.9 Å². The van der Waals surface area contributed by atoms with E-state index in [1.54, 1.807) is 14.7 Å². The summed E-state index contributed by atoms with van der Waals surface area (Å²) in [5.74, 6) is -3.61. The molecule has 1 atom stereocenters. The summed E-state index contributed by atoms with van der Waals surface area (Å²) in [6.07, 6.45) is 40.9. The summed E-state index contributed by atoms with van der Waals surface area (Å²) in [4.78, 5) is 82.9. The highest BCUT2D eigenvalue weighted by molar-refractivity contribution is 5.78. The topological polar surface area (TPSA) is 210 Å². The van der Waals surface area contributed by atoms with Crippen molar-refractivity contribution in [2.75, 3.05) is 112 Å². The van der Waals surface area contributed by atoms with E-state index in [4.69, 9.17) is 9.47 Å². The fourth-order valence-corrected chi connectivity index (χ4v) is 9.52. The molecule has 446 valence electrons. The third-order valence-corrected chi connectivity index (χ3v) is 14.2. The molecule has 0 aromatic rings. The highest BCUT2D eigenvalue weighted by atomic mass is 16.6. The average molecular weight is 1090 g/mol. The van der Waals surface area contributed by atoms with Gasteiger partial charge in [0.1, 0.15) is 12.7 Å². The van der Waals surface area contributed by atoms with Crippen LogP contribution in [-0.2, 0) is 38.2 Å². The van der Waals surface area contributed by atoms with Crippen LogP contribution in [0.4, 0.5) is 0 Å². The molecule has 1 fully saturated rings. The van der Waals surface area contributed by atoms with E-state index in [0.717, 1.165) is 103 Å². The lowest BCUT2D eigenvalue weighted by atomic mass is 10.1. The van der Waals surface area contributed by atoms with Gasteiger partial charge >= 0.3 is 29.8 Å². The second-order valence-corrected chi connectivity index (χ2v) is 21.6. The van der Waals surface area contributed by atoms with Crippen molar-refractivity contribution in [1.29, 1.82) is 0 Å². The quantitative estimate of drug-likeness (QED) is 0.0254. The third-order valence-electron chi connectivity index (χ3n) is 14.2. The van der Waals surface area contributed by atoms with Gasteiger partial charge in [-0.15, -0.1) is 0 Å². The first kappa shape index (κ1) is 71.1. The molecule has 0 spiro atoms. The molecule has 1 aliphatic rings. The van der Waals surface area contributed by atoms with Crippen LogP contribution >= 0.6 is 0 Å². The lowest BCUT2D eigenvalue weighted by molar-refractivity contribution is -0.160.